The Kier molecular flexibility index (Phi) is 5.55. The molecule has 1 aromatic carbocycles. The summed E-state index contributed by atoms with van der Waals surface area (Å²) in [6.45, 7) is 0.930. The zero-order chi connectivity index (χ0) is 16.8. The van der Waals surface area contributed by atoms with Crippen molar-refractivity contribution in [2.75, 3.05) is 13.1 Å². The van der Waals surface area contributed by atoms with Crippen molar-refractivity contribution in [2.45, 2.75) is 31.3 Å². The van der Waals surface area contributed by atoms with E-state index in [1.54, 1.807) is 23.1 Å². The molecule has 23 heavy (non-hydrogen) atoms. The molecule has 4 N–H and O–H groups in total. The second-order valence-electron chi connectivity index (χ2n) is 5.70. The van der Waals surface area contributed by atoms with E-state index in [1.807, 2.05) is 6.07 Å². The van der Waals surface area contributed by atoms with Crippen LogP contribution in [0.5, 0.6) is 0 Å². The lowest BCUT2D eigenvalue weighted by molar-refractivity contribution is -0.133. The number of nitrogens with zero attached hydrogens (tertiary/aromatic N) is 2. The standard InChI is InChI=1S/C16H20N4O3/c17-9-12-4-1-3-11(7-12)8-14(18)15(21)20-6-2-5-13(10-20)19-16(22)23/h1,3-4,7,13-14,19H,2,5-6,8,10,18H2,(H,22,23). The molecular weight excluding hydrogens is 296 g/mol. The quantitative estimate of drug-likeness (QED) is 0.755. The van der Waals surface area contributed by atoms with Crippen molar-refractivity contribution in [2.24, 2.45) is 5.73 Å². The van der Waals surface area contributed by atoms with Gasteiger partial charge in [0.2, 0.25) is 5.91 Å². The van der Waals surface area contributed by atoms with Crippen LogP contribution in [-0.2, 0) is 11.2 Å². The lowest BCUT2D eigenvalue weighted by Gasteiger charge is -2.34. The maximum absolute atomic E-state index is 12.4. The number of carboxylic acid groups (broad SMARTS) is 1. The third kappa shape index (κ3) is 4.69. The summed E-state index contributed by atoms with van der Waals surface area (Å²) in [7, 11) is 0. The summed E-state index contributed by atoms with van der Waals surface area (Å²) >= 11 is 0. The van der Waals surface area contributed by atoms with Gasteiger partial charge >= 0.3 is 6.09 Å². The number of hydrogen-bond acceptors (Lipinski definition) is 4. The van der Waals surface area contributed by atoms with E-state index < -0.39 is 12.1 Å². The predicted octanol–water partition coefficient (Wildman–Crippen LogP) is 0.687. The second-order valence-corrected chi connectivity index (χ2v) is 5.70. The summed E-state index contributed by atoms with van der Waals surface area (Å²) in [6.07, 6.45) is 0.729. The highest BCUT2D eigenvalue weighted by molar-refractivity contribution is 5.82. The number of amides is 2. The minimum absolute atomic E-state index is 0.191. The zero-order valence-corrected chi connectivity index (χ0v) is 12.7. The van der Waals surface area contributed by atoms with E-state index in [9.17, 15) is 9.59 Å². The number of rotatable bonds is 4. The highest BCUT2D eigenvalue weighted by Crippen LogP contribution is 2.13. The van der Waals surface area contributed by atoms with Crippen LogP contribution in [0.25, 0.3) is 0 Å². The molecule has 122 valence electrons. The SMILES string of the molecule is N#Cc1cccc(CC(N)C(=O)N2CCCC(NC(=O)O)C2)c1. The molecule has 1 heterocycles. The molecule has 0 aliphatic carbocycles. The molecule has 0 saturated carbocycles. The summed E-state index contributed by atoms with van der Waals surface area (Å²) in [5, 5.41) is 20.1. The molecule has 1 aliphatic heterocycles. The fraction of sp³-hybridized carbons (Fsp3) is 0.438. The molecule has 1 aliphatic rings. The van der Waals surface area contributed by atoms with Crippen molar-refractivity contribution in [1.29, 1.82) is 5.26 Å². The van der Waals surface area contributed by atoms with Gasteiger partial charge in [-0.1, -0.05) is 12.1 Å². The van der Waals surface area contributed by atoms with Crippen molar-refractivity contribution in [3.63, 3.8) is 0 Å². The molecule has 0 spiro atoms. The van der Waals surface area contributed by atoms with Gasteiger partial charge in [-0.3, -0.25) is 4.79 Å². The van der Waals surface area contributed by atoms with Gasteiger partial charge in [-0.25, -0.2) is 4.79 Å². The van der Waals surface area contributed by atoms with Crippen molar-refractivity contribution in [1.82, 2.24) is 10.2 Å². The third-order valence-electron chi connectivity index (χ3n) is 3.89. The number of likely N-dealkylation sites (tertiary alicyclic amines) is 1. The fourth-order valence-electron chi connectivity index (χ4n) is 2.81. The number of benzene rings is 1. The number of carbonyl (C=O) groups is 2. The first-order valence-electron chi connectivity index (χ1n) is 7.52. The Labute approximate surface area is 134 Å². The number of nitriles is 1. The number of nitrogens with one attached hydrogen (secondary N) is 1. The monoisotopic (exact) mass is 316 g/mol. The van der Waals surface area contributed by atoms with Gasteiger partial charge in [-0.15, -0.1) is 0 Å². The van der Waals surface area contributed by atoms with Crippen LogP contribution in [0.3, 0.4) is 0 Å². The summed E-state index contributed by atoms with van der Waals surface area (Å²) in [6, 6.07) is 8.12. The molecule has 7 heteroatoms. The molecule has 1 aromatic rings. The molecule has 2 rings (SSSR count). The fourth-order valence-corrected chi connectivity index (χ4v) is 2.81. The van der Waals surface area contributed by atoms with Crippen LogP contribution in [0.2, 0.25) is 0 Å². The molecule has 1 fully saturated rings. The van der Waals surface area contributed by atoms with E-state index in [2.05, 4.69) is 11.4 Å². The summed E-state index contributed by atoms with van der Waals surface area (Å²) in [5.41, 5.74) is 7.38. The predicted molar refractivity (Wildman–Crippen MR) is 83.6 cm³/mol. The minimum Gasteiger partial charge on any atom is -0.465 e. The van der Waals surface area contributed by atoms with E-state index in [-0.39, 0.29) is 11.9 Å². The Morgan fingerprint density at radius 2 is 2.30 bits per heavy atom. The average molecular weight is 316 g/mol. The van der Waals surface area contributed by atoms with Gasteiger partial charge in [0.25, 0.3) is 0 Å². The average Bonchev–Trinajstić information content (AvgIpc) is 2.54. The van der Waals surface area contributed by atoms with Crippen LogP contribution in [0.4, 0.5) is 4.79 Å². The smallest absolute Gasteiger partial charge is 0.404 e. The van der Waals surface area contributed by atoms with E-state index in [0.29, 0.717) is 25.1 Å². The first-order chi connectivity index (χ1) is 11.0. The Balaban J connectivity index is 1.96. The summed E-state index contributed by atoms with van der Waals surface area (Å²) in [5.74, 6) is -0.191. The van der Waals surface area contributed by atoms with E-state index >= 15 is 0 Å². The van der Waals surface area contributed by atoms with Gasteiger partial charge < -0.3 is 21.1 Å². The number of piperidine rings is 1. The molecule has 2 amide bonds. The Bertz CT molecular complexity index is 626. The van der Waals surface area contributed by atoms with Crippen molar-refractivity contribution in [3.05, 3.63) is 35.4 Å². The van der Waals surface area contributed by atoms with Crippen molar-refractivity contribution < 1.29 is 14.7 Å². The Morgan fingerprint density at radius 1 is 1.52 bits per heavy atom. The molecule has 0 aromatic heterocycles. The maximum atomic E-state index is 12.4. The van der Waals surface area contributed by atoms with Crippen LogP contribution < -0.4 is 11.1 Å². The molecule has 1 saturated heterocycles. The number of carbonyl (C=O) groups excluding carboxylic acids is 1. The lowest BCUT2D eigenvalue weighted by atomic mass is 10.0. The molecule has 0 radical (unpaired) electrons. The van der Waals surface area contributed by atoms with Crippen molar-refractivity contribution >= 4 is 12.0 Å². The lowest BCUT2D eigenvalue weighted by Crippen LogP contribution is -2.53. The highest BCUT2D eigenvalue weighted by Gasteiger charge is 2.27. The molecule has 7 nitrogen and oxygen atoms in total. The maximum Gasteiger partial charge on any atom is 0.404 e. The van der Waals surface area contributed by atoms with E-state index in [4.69, 9.17) is 16.1 Å². The summed E-state index contributed by atoms with van der Waals surface area (Å²) in [4.78, 5) is 24.8. The highest BCUT2D eigenvalue weighted by atomic mass is 16.4. The minimum atomic E-state index is -1.08. The Hall–Kier alpha value is -2.59. The van der Waals surface area contributed by atoms with Gasteiger partial charge in [-0.2, -0.15) is 5.26 Å². The zero-order valence-electron chi connectivity index (χ0n) is 12.7. The normalized spacial score (nSPS) is 18.8. The van der Waals surface area contributed by atoms with Gasteiger partial charge in [0.05, 0.1) is 17.7 Å². The van der Waals surface area contributed by atoms with Gasteiger partial charge in [0.1, 0.15) is 0 Å². The first kappa shape index (κ1) is 16.8. The van der Waals surface area contributed by atoms with Crippen LogP contribution in [0, 0.1) is 11.3 Å². The third-order valence-corrected chi connectivity index (χ3v) is 3.89. The van der Waals surface area contributed by atoms with Gasteiger partial charge in [-0.05, 0) is 37.0 Å². The second kappa shape index (κ2) is 7.61. The number of hydrogen-bond donors (Lipinski definition) is 3. The largest absolute Gasteiger partial charge is 0.465 e. The molecular formula is C16H20N4O3. The van der Waals surface area contributed by atoms with Crippen LogP contribution in [0.1, 0.15) is 24.0 Å². The topological polar surface area (TPSA) is 119 Å². The van der Waals surface area contributed by atoms with Crippen LogP contribution in [0.15, 0.2) is 24.3 Å². The van der Waals surface area contributed by atoms with E-state index in [0.717, 1.165) is 18.4 Å². The molecule has 2 unspecified atom stereocenters. The van der Waals surface area contributed by atoms with Crippen LogP contribution in [-0.4, -0.2) is 47.2 Å². The van der Waals surface area contributed by atoms with Gasteiger partial charge in [0, 0.05) is 19.1 Å². The molecule has 2 atom stereocenters. The van der Waals surface area contributed by atoms with Crippen LogP contribution >= 0.6 is 0 Å². The Morgan fingerprint density at radius 3 is 3.00 bits per heavy atom. The van der Waals surface area contributed by atoms with Crippen molar-refractivity contribution in [3.8, 4) is 6.07 Å². The summed E-state index contributed by atoms with van der Waals surface area (Å²) < 4.78 is 0. The first-order valence-corrected chi connectivity index (χ1v) is 7.52. The van der Waals surface area contributed by atoms with Gasteiger partial charge in [0.15, 0.2) is 0 Å². The number of nitrogens with two attached hydrogens (primary N) is 1. The molecule has 0 bridgehead atoms. The van der Waals surface area contributed by atoms with E-state index in [1.165, 1.54) is 0 Å².